The third-order valence-corrected chi connectivity index (χ3v) is 16.9. The maximum atomic E-state index is 14.9. The van der Waals surface area contributed by atoms with Crippen LogP contribution in [0.5, 0.6) is 0 Å². The van der Waals surface area contributed by atoms with Gasteiger partial charge in [0.2, 0.25) is 0 Å². The molecule has 21 heteroatoms. The summed E-state index contributed by atoms with van der Waals surface area (Å²) in [6.45, 7) is 19.7. The van der Waals surface area contributed by atoms with Gasteiger partial charge in [-0.15, -0.1) is 5.10 Å². The van der Waals surface area contributed by atoms with Gasteiger partial charge in [-0.2, -0.15) is 0 Å². The Morgan fingerprint density at radius 3 is 2.26 bits per heavy atom. The molecule has 4 saturated heterocycles. The Bertz CT molecular complexity index is 2090. The number of cyclic esters (lactones) is 1. The number of methoxy groups -OCH3 is 2. The summed E-state index contributed by atoms with van der Waals surface area (Å²) < 4.78 is 65.8. The number of nitrogens with zero attached hydrogens (tertiary/aromatic N) is 6. The number of ether oxygens (including phenoxy) is 8. The molecule has 5 heterocycles. The van der Waals surface area contributed by atoms with E-state index in [1.165, 1.54) is 18.7 Å². The zero-order valence-corrected chi connectivity index (χ0v) is 47.5. The van der Waals surface area contributed by atoms with Gasteiger partial charge in [-0.05, 0) is 98.9 Å². The normalized spacial score (nSPS) is 39.0. The van der Waals surface area contributed by atoms with Crippen LogP contribution in [0.3, 0.4) is 0 Å². The minimum absolute atomic E-state index is 0.0933. The molecule has 434 valence electrons. The molecule has 4 aliphatic rings. The van der Waals surface area contributed by atoms with E-state index in [1.807, 2.05) is 62.0 Å². The van der Waals surface area contributed by atoms with Gasteiger partial charge in [0, 0.05) is 84.5 Å². The summed E-state index contributed by atoms with van der Waals surface area (Å²) in [5.74, 6) is -1.99. The highest BCUT2D eigenvalue weighted by Crippen LogP contribution is 2.39. The third-order valence-electron chi connectivity index (χ3n) is 16.9. The SMILES string of the molecule is CC[C@H]1OC(=O)[C@H](C)[C@@H](O[C@H]2C[C@@](C)(OC)[C@@H](O)[C@H](C)O2)C[C@@H](O[C@@H]2O[C@H](C)C[C@H](N(C)CCc3cn([C@H](CF)[C@H](OC)c4ccc(CN5CCOCC5)cc4)nn3)[C@H]2O)[C@](C)(O)C[C@@H](C)CN(C)[C@H](C)[C@@H](O)[C@]1(C)O. The molecule has 6 rings (SSSR count). The number of alkyl halides is 1. The molecule has 2 aromatic rings. The molecule has 0 unspecified atom stereocenters. The van der Waals surface area contributed by atoms with Gasteiger partial charge < -0.3 is 73.2 Å². The van der Waals surface area contributed by atoms with Crippen molar-refractivity contribution in [3.05, 3.63) is 47.3 Å². The van der Waals surface area contributed by atoms with Gasteiger partial charge in [0.05, 0.1) is 60.4 Å². The highest BCUT2D eigenvalue weighted by Gasteiger charge is 2.51. The van der Waals surface area contributed by atoms with E-state index in [-0.39, 0.29) is 31.6 Å². The Labute approximate surface area is 450 Å². The van der Waals surface area contributed by atoms with E-state index in [2.05, 4.69) is 15.2 Å². The minimum atomic E-state index is -1.84. The van der Waals surface area contributed by atoms with Crippen molar-refractivity contribution in [1.82, 2.24) is 29.7 Å². The van der Waals surface area contributed by atoms with Gasteiger partial charge >= 0.3 is 5.97 Å². The lowest BCUT2D eigenvalue weighted by Crippen LogP contribution is -2.59. The highest BCUT2D eigenvalue weighted by molar-refractivity contribution is 5.73. The van der Waals surface area contributed by atoms with Crippen LogP contribution in [0.15, 0.2) is 30.5 Å². The number of aliphatic hydroxyl groups is 5. The molecule has 1 aromatic heterocycles. The summed E-state index contributed by atoms with van der Waals surface area (Å²) in [5.41, 5.74) is -1.94. The van der Waals surface area contributed by atoms with Gasteiger partial charge in [-0.1, -0.05) is 43.3 Å². The first kappa shape index (κ1) is 62.4. The van der Waals surface area contributed by atoms with E-state index < -0.39 is 121 Å². The summed E-state index contributed by atoms with van der Waals surface area (Å²) in [5, 5.41) is 68.3. The lowest BCUT2D eigenvalue weighted by atomic mass is 9.83. The molecule has 76 heavy (non-hydrogen) atoms. The molecule has 0 radical (unpaired) electrons. The lowest BCUT2D eigenvalue weighted by molar-refractivity contribution is -0.308. The van der Waals surface area contributed by atoms with Gasteiger partial charge in [-0.3, -0.25) is 9.69 Å². The number of carbonyl (C=O) groups excluding carboxylic acids is 1. The number of hydrogen-bond donors (Lipinski definition) is 5. The standard InChI is InChI=1S/C55H93FN6O14/c1-14-44-55(9,68)49(64)36(5)60(11)30-33(2)27-53(7,67)45(26-43(35(4)51(66)75-44)74-46-28-54(8,70-13)50(65)37(6)73-46)76-52-47(63)41(25-34(3)72-52)59(10)20-19-40-32-62(58-57-40)42(29-56)48(69-12)39-17-15-38(16-18-39)31-61-21-23-71-24-22-61/h15-18,32-37,41-50,52,63-65,67-68H,14,19-31H2,1-13H3/t33-,34-,35-,36-,37+,41+,42-,43+,44-,45-,46+,47-,48-,49-,50+,52+,53-,54-,55-/m1/s1. The minimum Gasteiger partial charge on any atom is -0.459 e. The van der Waals surface area contributed by atoms with Crippen LogP contribution in [-0.4, -0.2) is 226 Å². The first-order valence-electron chi connectivity index (χ1n) is 27.5. The Morgan fingerprint density at radius 2 is 1.63 bits per heavy atom. The van der Waals surface area contributed by atoms with Crippen LogP contribution in [0.25, 0.3) is 0 Å². The first-order chi connectivity index (χ1) is 35.8. The van der Waals surface area contributed by atoms with E-state index in [1.54, 1.807) is 54.8 Å². The number of aliphatic hydroxyl groups excluding tert-OH is 3. The lowest BCUT2D eigenvalue weighted by Gasteiger charge is -2.47. The van der Waals surface area contributed by atoms with Crippen molar-refractivity contribution in [3.63, 3.8) is 0 Å². The quantitative estimate of drug-likeness (QED) is 0.143. The molecule has 20 nitrogen and oxygen atoms in total. The van der Waals surface area contributed by atoms with Crippen molar-refractivity contribution in [1.29, 1.82) is 0 Å². The van der Waals surface area contributed by atoms with Crippen LogP contribution >= 0.6 is 0 Å². The summed E-state index contributed by atoms with van der Waals surface area (Å²) in [4.78, 5) is 20.7. The molecule has 4 aliphatic heterocycles. The second-order valence-electron chi connectivity index (χ2n) is 23.1. The predicted octanol–water partition coefficient (Wildman–Crippen LogP) is 3.59. The number of esters is 1. The Morgan fingerprint density at radius 1 is 0.947 bits per heavy atom. The smallest absolute Gasteiger partial charge is 0.311 e. The predicted molar refractivity (Wildman–Crippen MR) is 280 cm³/mol. The molecule has 0 bridgehead atoms. The molecular formula is C55H93FN6O14. The number of carbonyl (C=O) groups is 1. The monoisotopic (exact) mass is 1080 g/mol. The Balaban J connectivity index is 1.21. The fraction of sp³-hybridized carbons (Fsp3) is 0.836. The van der Waals surface area contributed by atoms with E-state index in [0.717, 1.165) is 44.0 Å². The summed E-state index contributed by atoms with van der Waals surface area (Å²) in [7, 11) is 6.78. The van der Waals surface area contributed by atoms with Crippen LogP contribution in [0, 0.1) is 11.8 Å². The number of hydrogen-bond acceptors (Lipinski definition) is 19. The Hall–Kier alpha value is -2.84. The molecule has 0 saturated carbocycles. The van der Waals surface area contributed by atoms with Crippen molar-refractivity contribution >= 4 is 5.97 Å². The van der Waals surface area contributed by atoms with Crippen molar-refractivity contribution in [2.45, 2.75) is 210 Å². The number of benzene rings is 1. The maximum absolute atomic E-state index is 14.9. The zero-order valence-electron chi connectivity index (χ0n) is 47.5. The van der Waals surface area contributed by atoms with Crippen molar-refractivity contribution in [2.24, 2.45) is 11.8 Å². The molecular weight excluding hydrogens is 988 g/mol. The summed E-state index contributed by atoms with van der Waals surface area (Å²) in [6.07, 6.45) is -7.82. The molecule has 19 atom stereocenters. The number of likely N-dealkylation sites (N-methyl/N-ethyl adjacent to an activating group) is 2. The van der Waals surface area contributed by atoms with Crippen LogP contribution in [-0.2, 0) is 55.7 Å². The molecule has 4 fully saturated rings. The topological polar surface area (TPSA) is 232 Å². The van der Waals surface area contributed by atoms with E-state index >= 15 is 0 Å². The van der Waals surface area contributed by atoms with E-state index in [4.69, 9.17) is 37.9 Å². The van der Waals surface area contributed by atoms with Crippen molar-refractivity contribution < 1.29 is 72.6 Å². The second-order valence-corrected chi connectivity index (χ2v) is 23.1. The largest absolute Gasteiger partial charge is 0.459 e. The average Bonchev–Trinajstić information content (AvgIpc) is 3.86. The summed E-state index contributed by atoms with van der Waals surface area (Å²) >= 11 is 0. The molecule has 0 amide bonds. The van der Waals surface area contributed by atoms with E-state index in [0.29, 0.717) is 31.6 Å². The summed E-state index contributed by atoms with van der Waals surface area (Å²) in [6, 6.07) is 6.22. The van der Waals surface area contributed by atoms with Gasteiger partial charge in [0.1, 0.15) is 48.8 Å². The fourth-order valence-corrected chi connectivity index (χ4v) is 11.8. The highest BCUT2D eigenvalue weighted by atomic mass is 19.1. The number of halogens is 1. The van der Waals surface area contributed by atoms with Gasteiger partial charge in [0.15, 0.2) is 12.6 Å². The van der Waals surface area contributed by atoms with Crippen LogP contribution < -0.4 is 0 Å². The maximum Gasteiger partial charge on any atom is 0.311 e. The fourth-order valence-electron chi connectivity index (χ4n) is 11.8. The molecule has 0 aliphatic carbocycles. The van der Waals surface area contributed by atoms with Crippen LogP contribution in [0.4, 0.5) is 4.39 Å². The van der Waals surface area contributed by atoms with E-state index in [9.17, 15) is 34.7 Å². The second kappa shape index (κ2) is 27.1. The third kappa shape index (κ3) is 15.1. The van der Waals surface area contributed by atoms with Crippen molar-refractivity contribution in [3.8, 4) is 0 Å². The Kier molecular flexibility index (Phi) is 22.2. The number of morpholine rings is 1. The first-order valence-corrected chi connectivity index (χ1v) is 27.5. The van der Waals surface area contributed by atoms with Crippen molar-refractivity contribution in [2.75, 3.05) is 74.4 Å². The van der Waals surface area contributed by atoms with Gasteiger partial charge in [0.25, 0.3) is 0 Å². The number of aromatic nitrogens is 3. The number of rotatable bonds is 17. The van der Waals surface area contributed by atoms with Gasteiger partial charge in [-0.25, -0.2) is 9.07 Å². The van der Waals surface area contributed by atoms with Crippen LogP contribution in [0.1, 0.15) is 123 Å². The van der Waals surface area contributed by atoms with Crippen LogP contribution in [0.2, 0.25) is 0 Å². The molecule has 0 spiro atoms. The molecule has 1 aromatic carbocycles. The zero-order chi connectivity index (χ0) is 55.9. The average molecular weight is 1080 g/mol. The molecule has 5 N–H and O–H groups in total.